The largest absolute Gasteiger partial charge is 0.495 e. The molecule has 9 heteroatoms. The van der Waals surface area contributed by atoms with Crippen molar-refractivity contribution in [1.29, 1.82) is 0 Å². The molecular weight excluding hydrogens is 372 g/mol. The Labute approximate surface area is 160 Å². The van der Waals surface area contributed by atoms with Crippen molar-refractivity contribution in [3.8, 4) is 5.75 Å². The fourth-order valence-electron chi connectivity index (χ4n) is 2.20. The topological polar surface area (TPSA) is 108 Å². The number of rotatable bonds is 6. The van der Waals surface area contributed by atoms with Crippen molar-refractivity contribution in [1.82, 2.24) is 0 Å². The molecule has 2 rings (SSSR count). The smallest absolute Gasteiger partial charge is 0.349 e. The van der Waals surface area contributed by atoms with Crippen LogP contribution in [-0.2, 0) is 14.9 Å². The molecular formula is C18H20N2O6S. The van der Waals surface area contributed by atoms with Gasteiger partial charge in [-0.05, 0) is 29.2 Å². The number of nitrogens with zero attached hydrogens (tertiary/aromatic N) is 1. The molecule has 1 aromatic carbocycles. The molecule has 0 aliphatic carbocycles. The van der Waals surface area contributed by atoms with E-state index in [0.717, 1.165) is 5.56 Å². The zero-order chi connectivity index (χ0) is 20.2. The van der Waals surface area contributed by atoms with E-state index >= 15 is 0 Å². The Bertz CT molecular complexity index is 869. The van der Waals surface area contributed by atoms with E-state index in [-0.39, 0.29) is 15.3 Å². The highest BCUT2D eigenvalue weighted by molar-refractivity contribution is 7.17. The molecule has 0 radical (unpaired) electrons. The number of carbonyl (C=O) groups is 2. The molecule has 1 amide bonds. The van der Waals surface area contributed by atoms with Crippen molar-refractivity contribution in [3.63, 3.8) is 0 Å². The van der Waals surface area contributed by atoms with Crippen molar-refractivity contribution in [3.05, 3.63) is 50.9 Å². The van der Waals surface area contributed by atoms with Gasteiger partial charge in [0.1, 0.15) is 10.6 Å². The first-order valence-electron chi connectivity index (χ1n) is 8.01. The van der Waals surface area contributed by atoms with Gasteiger partial charge in [-0.15, -0.1) is 0 Å². The second-order valence-corrected chi connectivity index (χ2v) is 7.75. The summed E-state index contributed by atoms with van der Waals surface area (Å²) in [7, 11) is 1.49. The number of hydrogen-bond donors (Lipinski definition) is 1. The Morgan fingerprint density at radius 3 is 2.48 bits per heavy atom. The fourth-order valence-corrected chi connectivity index (χ4v) is 2.91. The van der Waals surface area contributed by atoms with Gasteiger partial charge in [0.25, 0.3) is 5.91 Å². The van der Waals surface area contributed by atoms with Gasteiger partial charge in [-0.1, -0.05) is 38.2 Å². The summed E-state index contributed by atoms with van der Waals surface area (Å²) in [6, 6.07) is 7.98. The number of methoxy groups -OCH3 is 1. The summed E-state index contributed by atoms with van der Waals surface area (Å²) < 4.78 is 10.2. The molecule has 2 aromatic rings. The van der Waals surface area contributed by atoms with Gasteiger partial charge in [0.15, 0.2) is 6.61 Å². The van der Waals surface area contributed by atoms with Crippen molar-refractivity contribution >= 4 is 33.9 Å². The summed E-state index contributed by atoms with van der Waals surface area (Å²) in [5.74, 6) is -0.853. The van der Waals surface area contributed by atoms with E-state index in [4.69, 9.17) is 9.47 Å². The lowest BCUT2D eigenvalue weighted by Crippen LogP contribution is -2.21. The van der Waals surface area contributed by atoms with Crippen LogP contribution in [0.1, 0.15) is 36.0 Å². The predicted molar refractivity (Wildman–Crippen MR) is 102 cm³/mol. The van der Waals surface area contributed by atoms with E-state index < -0.39 is 23.4 Å². The number of amides is 1. The normalized spacial score (nSPS) is 11.0. The van der Waals surface area contributed by atoms with Gasteiger partial charge in [-0.25, -0.2) is 4.79 Å². The Balaban J connectivity index is 2.02. The van der Waals surface area contributed by atoms with Crippen LogP contribution in [0.5, 0.6) is 5.75 Å². The van der Waals surface area contributed by atoms with E-state index in [0.29, 0.717) is 22.8 Å². The maximum Gasteiger partial charge on any atom is 0.349 e. The maximum absolute atomic E-state index is 12.1. The number of benzene rings is 1. The van der Waals surface area contributed by atoms with Crippen molar-refractivity contribution in [2.75, 3.05) is 19.0 Å². The van der Waals surface area contributed by atoms with Gasteiger partial charge < -0.3 is 14.8 Å². The summed E-state index contributed by atoms with van der Waals surface area (Å²) in [5.41, 5.74) is 1.35. The predicted octanol–water partition coefficient (Wildman–Crippen LogP) is 3.76. The summed E-state index contributed by atoms with van der Waals surface area (Å²) in [6.45, 7) is 5.61. The molecule has 0 aliphatic rings. The third kappa shape index (κ3) is 5.27. The molecule has 0 saturated carbocycles. The van der Waals surface area contributed by atoms with Crippen LogP contribution in [0.3, 0.4) is 0 Å². The molecule has 0 unspecified atom stereocenters. The third-order valence-electron chi connectivity index (χ3n) is 3.65. The highest BCUT2D eigenvalue weighted by Gasteiger charge is 2.19. The molecule has 8 nitrogen and oxygen atoms in total. The Morgan fingerprint density at radius 1 is 1.22 bits per heavy atom. The SMILES string of the molecule is COc1ccc(C(C)(C)C)cc1NC(=O)COC(=O)c1ccc([N+](=O)[O-])s1. The van der Waals surface area contributed by atoms with E-state index in [2.05, 4.69) is 5.32 Å². The van der Waals surface area contributed by atoms with Gasteiger partial charge in [-0.2, -0.15) is 0 Å². The van der Waals surface area contributed by atoms with E-state index in [1.54, 1.807) is 12.1 Å². The first kappa shape index (κ1) is 20.4. The van der Waals surface area contributed by atoms with Gasteiger partial charge in [0.05, 0.1) is 17.7 Å². The van der Waals surface area contributed by atoms with Crippen LogP contribution in [0.25, 0.3) is 0 Å². The Morgan fingerprint density at radius 2 is 1.93 bits per heavy atom. The molecule has 27 heavy (non-hydrogen) atoms. The lowest BCUT2D eigenvalue weighted by Gasteiger charge is -2.21. The second-order valence-electron chi connectivity index (χ2n) is 6.68. The Kier molecular flexibility index (Phi) is 6.17. The molecule has 0 bridgehead atoms. The molecule has 1 N–H and O–H groups in total. The number of anilines is 1. The fraction of sp³-hybridized carbons (Fsp3) is 0.333. The van der Waals surface area contributed by atoms with Crippen LogP contribution in [-0.4, -0.2) is 30.5 Å². The van der Waals surface area contributed by atoms with Crippen LogP contribution in [0, 0.1) is 10.1 Å². The number of ether oxygens (including phenoxy) is 2. The van der Waals surface area contributed by atoms with E-state index in [1.807, 2.05) is 26.8 Å². The van der Waals surface area contributed by atoms with Crippen molar-refractivity contribution in [2.45, 2.75) is 26.2 Å². The first-order valence-corrected chi connectivity index (χ1v) is 8.83. The standard InChI is InChI=1S/C18H20N2O6S/c1-18(2,3)11-5-6-13(25-4)12(9-11)19-15(21)10-26-17(22)14-7-8-16(27-14)20(23)24/h5-9H,10H2,1-4H3,(H,19,21). The number of nitro groups is 1. The van der Waals surface area contributed by atoms with Crippen LogP contribution in [0.2, 0.25) is 0 Å². The number of esters is 1. The lowest BCUT2D eigenvalue weighted by molar-refractivity contribution is -0.380. The summed E-state index contributed by atoms with van der Waals surface area (Å²) >= 11 is 0.690. The average Bonchev–Trinajstić information content (AvgIpc) is 3.09. The second kappa shape index (κ2) is 8.17. The van der Waals surface area contributed by atoms with Crippen LogP contribution in [0.4, 0.5) is 10.7 Å². The molecule has 0 atom stereocenters. The van der Waals surface area contributed by atoms with Gasteiger partial charge in [0.2, 0.25) is 0 Å². The minimum absolute atomic E-state index is 0.0572. The van der Waals surface area contributed by atoms with E-state index in [9.17, 15) is 19.7 Å². The number of nitrogens with one attached hydrogen (secondary N) is 1. The quantitative estimate of drug-likeness (QED) is 0.456. The highest BCUT2D eigenvalue weighted by atomic mass is 32.1. The van der Waals surface area contributed by atoms with Crippen molar-refractivity contribution < 1.29 is 24.0 Å². The monoisotopic (exact) mass is 392 g/mol. The maximum atomic E-state index is 12.1. The molecule has 0 saturated heterocycles. The van der Waals surface area contributed by atoms with Gasteiger partial charge >= 0.3 is 11.0 Å². The number of carbonyl (C=O) groups excluding carboxylic acids is 2. The zero-order valence-electron chi connectivity index (χ0n) is 15.4. The van der Waals surface area contributed by atoms with Crippen molar-refractivity contribution in [2.24, 2.45) is 0 Å². The molecule has 144 valence electrons. The minimum Gasteiger partial charge on any atom is -0.495 e. The van der Waals surface area contributed by atoms with E-state index in [1.165, 1.54) is 19.2 Å². The third-order valence-corrected chi connectivity index (χ3v) is 4.66. The van der Waals surface area contributed by atoms with Crippen LogP contribution >= 0.6 is 11.3 Å². The number of hydrogen-bond acceptors (Lipinski definition) is 7. The average molecular weight is 392 g/mol. The zero-order valence-corrected chi connectivity index (χ0v) is 16.2. The molecule has 0 aliphatic heterocycles. The number of thiophene rings is 1. The lowest BCUT2D eigenvalue weighted by atomic mass is 9.87. The minimum atomic E-state index is -0.793. The summed E-state index contributed by atoms with van der Waals surface area (Å²) in [5, 5.41) is 13.1. The van der Waals surface area contributed by atoms with Gasteiger partial charge in [-0.3, -0.25) is 14.9 Å². The summed E-state index contributed by atoms with van der Waals surface area (Å²) in [6.07, 6.45) is 0. The van der Waals surface area contributed by atoms with Gasteiger partial charge in [0, 0.05) is 6.07 Å². The van der Waals surface area contributed by atoms with Crippen LogP contribution in [0.15, 0.2) is 30.3 Å². The molecule has 0 spiro atoms. The van der Waals surface area contributed by atoms with Crippen LogP contribution < -0.4 is 10.1 Å². The Hall–Kier alpha value is -2.94. The first-order chi connectivity index (χ1) is 12.6. The molecule has 1 aromatic heterocycles. The molecule has 1 heterocycles. The summed E-state index contributed by atoms with van der Waals surface area (Å²) in [4.78, 5) is 34.2. The highest BCUT2D eigenvalue weighted by Crippen LogP contribution is 2.31. The molecule has 0 fully saturated rings.